The molecule has 0 heterocycles. The Kier molecular flexibility index (Phi) is 10.2. The molecule has 1 amide bonds. The minimum absolute atomic E-state index is 0. The van der Waals surface area contributed by atoms with Crippen molar-refractivity contribution >= 4 is 42.1 Å². The molecule has 27 heavy (non-hydrogen) atoms. The fourth-order valence-corrected chi connectivity index (χ4v) is 2.62. The Morgan fingerprint density at radius 3 is 2.44 bits per heavy atom. The average Bonchev–Trinajstić information content (AvgIpc) is 2.61. The van der Waals surface area contributed by atoms with E-state index < -0.39 is 0 Å². The van der Waals surface area contributed by atoms with Gasteiger partial charge in [0.25, 0.3) is 5.91 Å². The number of nitrogens with two attached hydrogens (primary N) is 1. The van der Waals surface area contributed by atoms with E-state index >= 15 is 0 Å². The van der Waals surface area contributed by atoms with E-state index in [-0.39, 0.29) is 36.1 Å². The number of hydrogen-bond acceptors (Lipinski definition) is 4. The third-order valence-electron chi connectivity index (χ3n) is 4.07. The largest absolute Gasteiger partial charge is 0.497 e. The third kappa shape index (κ3) is 6.94. The van der Waals surface area contributed by atoms with E-state index in [1.807, 2.05) is 55.6 Å². The van der Waals surface area contributed by atoms with Crippen LogP contribution in [0.4, 0.5) is 11.4 Å². The standard InChI is InChI=1S/C20H27N3O2.2ClH/c1-20(2,13-21)14-23(3)19(24)17-10-5-6-11-18(17)22-15-8-7-9-16(12-15)25-4;;/h5-12,22H,13-14,21H2,1-4H3;2*1H. The van der Waals surface area contributed by atoms with Crippen LogP contribution in [0.2, 0.25) is 0 Å². The van der Waals surface area contributed by atoms with Gasteiger partial charge in [0.2, 0.25) is 0 Å². The Bertz CT molecular complexity index is 739. The van der Waals surface area contributed by atoms with E-state index in [0.717, 1.165) is 17.1 Å². The zero-order chi connectivity index (χ0) is 18.4. The average molecular weight is 414 g/mol. The van der Waals surface area contributed by atoms with Crippen LogP contribution in [0.15, 0.2) is 48.5 Å². The molecule has 2 aromatic carbocycles. The highest BCUT2D eigenvalue weighted by Crippen LogP contribution is 2.25. The van der Waals surface area contributed by atoms with Crippen molar-refractivity contribution < 1.29 is 9.53 Å². The van der Waals surface area contributed by atoms with Crippen LogP contribution in [0.3, 0.4) is 0 Å². The van der Waals surface area contributed by atoms with Crippen LogP contribution in [0.5, 0.6) is 5.75 Å². The minimum atomic E-state index is -0.125. The fraction of sp³-hybridized carbons (Fsp3) is 0.350. The molecule has 2 aromatic rings. The molecule has 0 radical (unpaired) electrons. The maximum absolute atomic E-state index is 12.9. The Morgan fingerprint density at radius 1 is 1.15 bits per heavy atom. The summed E-state index contributed by atoms with van der Waals surface area (Å²) in [5.41, 5.74) is 7.92. The van der Waals surface area contributed by atoms with E-state index in [9.17, 15) is 4.79 Å². The molecule has 3 N–H and O–H groups in total. The molecule has 0 aliphatic heterocycles. The van der Waals surface area contributed by atoms with Crippen LogP contribution in [-0.4, -0.2) is 38.1 Å². The SMILES string of the molecule is COc1cccc(Nc2ccccc2C(=O)N(C)CC(C)(C)CN)c1.Cl.Cl. The Labute approximate surface area is 174 Å². The zero-order valence-electron chi connectivity index (χ0n) is 16.2. The Morgan fingerprint density at radius 2 is 1.81 bits per heavy atom. The molecule has 150 valence electrons. The number of amides is 1. The summed E-state index contributed by atoms with van der Waals surface area (Å²) in [6, 6.07) is 15.1. The number of methoxy groups -OCH3 is 1. The number of benzene rings is 2. The topological polar surface area (TPSA) is 67.6 Å². The smallest absolute Gasteiger partial charge is 0.255 e. The normalized spacial score (nSPS) is 10.3. The number of para-hydroxylation sites is 1. The monoisotopic (exact) mass is 413 g/mol. The first-order valence-corrected chi connectivity index (χ1v) is 8.32. The van der Waals surface area contributed by atoms with Gasteiger partial charge in [0.1, 0.15) is 5.75 Å². The third-order valence-corrected chi connectivity index (χ3v) is 4.07. The highest BCUT2D eigenvalue weighted by atomic mass is 35.5. The summed E-state index contributed by atoms with van der Waals surface area (Å²) in [7, 11) is 3.44. The fourth-order valence-electron chi connectivity index (χ4n) is 2.62. The van der Waals surface area contributed by atoms with Crippen molar-refractivity contribution in [2.45, 2.75) is 13.8 Å². The second kappa shape index (κ2) is 11.0. The minimum Gasteiger partial charge on any atom is -0.497 e. The lowest BCUT2D eigenvalue weighted by Gasteiger charge is -2.29. The summed E-state index contributed by atoms with van der Waals surface area (Å²) in [5.74, 6) is 0.725. The predicted molar refractivity (Wildman–Crippen MR) is 117 cm³/mol. The number of ether oxygens (including phenoxy) is 1. The van der Waals surface area contributed by atoms with E-state index in [2.05, 4.69) is 19.2 Å². The Hall–Kier alpha value is -1.95. The van der Waals surface area contributed by atoms with Crippen LogP contribution in [0.1, 0.15) is 24.2 Å². The molecule has 0 bridgehead atoms. The molecule has 0 fully saturated rings. The molecule has 0 aliphatic carbocycles. The quantitative estimate of drug-likeness (QED) is 0.708. The number of halogens is 2. The molecular weight excluding hydrogens is 385 g/mol. The van der Waals surface area contributed by atoms with Gasteiger partial charge >= 0.3 is 0 Å². The molecule has 0 unspecified atom stereocenters. The molecule has 0 aromatic heterocycles. The highest BCUT2D eigenvalue weighted by molar-refractivity contribution is 6.00. The second-order valence-corrected chi connectivity index (χ2v) is 6.93. The maximum atomic E-state index is 12.9. The first kappa shape index (κ1) is 25.1. The summed E-state index contributed by atoms with van der Waals surface area (Å²) < 4.78 is 5.25. The molecule has 5 nitrogen and oxygen atoms in total. The number of hydrogen-bond donors (Lipinski definition) is 2. The highest BCUT2D eigenvalue weighted by Gasteiger charge is 2.23. The molecule has 0 aliphatic rings. The van der Waals surface area contributed by atoms with E-state index in [0.29, 0.717) is 18.7 Å². The number of nitrogens with one attached hydrogen (secondary N) is 1. The van der Waals surface area contributed by atoms with Crippen molar-refractivity contribution in [1.29, 1.82) is 0 Å². The van der Waals surface area contributed by atoms with Crippen LogP contribution in [-0.2, 0) is 0 Å². The lowest BCUT2D eigenvalue weighted by Crippen LogP contribution is -2.39. The zero-order valence-corrected chi connectivity index (χ0v) is 17.8. The first-order chi connectivity index (χ1) is 11.9. The van der Waals surface area contributed by atoms with E-state index in [4.69, 9.17) is 10.5 Å². The van der Waals surface area contributed by atoms with Crippen LogP contribution in [0.25, 0.3) is 0 Å². The van der Waals surface area contributed by atoms with Crippen molar-refractivity contribution in [1.82, 2.24) is 4.90 Å². The first-order valence-electron chi connectivity index (χ1n) is 8.32. The van der Waals surface area contributed by atoms with Gasteiger partial charge in [-0.05, 0) is 36.2 Å². The van der Waals surface area contributed by atoms with Gasteiger partial charge in [-0.1, -0.05) is 32.0 Å². The molecule has 0 spiro atoms. The van der Waals surface area contributed by atoms with Gasteiger partial charge < -0.3 is 20.7 Å². The summed E-state index contributed by atoms with van der Waals surface area (Å²) in [5, 5.41) is 3.31. The predicted octanol–water partition coefficient (Wildman–Crippen LogP) is 4.34. The Balaban J connectivity index is 0.00000338. The van der Waals surface area contributed by atoms with Gasteiger partial charge in [-0.3, -0.25) is 4.79 Å². The van der Waals surface area contributed by atoms with Crippen molar-refractivity contribution in [3.63, 3.8) is 0 Å². The number of nitrogens with zero attached hydrogens (tertiary/aromatic N) is 1. The van der Waals surface area contributed by atoms with E-state index in [1.165, 1.54) is 0 Å². The summed E-state index contributed by atoms with van der Waals surface area (Å²) in [6.45, 7) is 5.22. The van der Waals surface area contributed by atoms with Crippen molar-refractivity contribution in [3.05, 3.63) is 54.1 Å². The summed E-state index contributed by atoms with van der Waals surface area (Å²) in [6.07, 6.45) is 0. The molecule has 0 saturated heterocycles. The number of carbonyl (C=O) groups is 1. The lowest BCUT2D eigenvalue weighted by atomic mass is 9.93. The lowest BCUT2D eigenvalue weighted by molar-refractivity contribution is 0.0741. The molecular formula is C20H29Cl2N3O2. The second-order valence-electron chi connectivity index (χ2n) is 6.93. The van der Waals surface area contributed by atoms with Gasteiger partial charge in [-0.15, -0.1) is 24.8 Å². The molecule has 7 heteroatoms. The van der Waals surface area contributed by atoms with E-state index in [1.54, 1.807) is 12.0 Å². The molecule has 0 saturated carbocycles. The molecule has 0 atom stereocenters. The van der Waals surface area contributed by atoms with Crippen molar-refractivity contribution in [2.24, 2.45) is 11.1 Å². The van der Waals surface area contributed by atoms with Gasteiger partial charge in [0.05, 0.1) is 18.4 Å². The van der Waals surface area contributed by atoms with Gasteiger partial charge in [0.15, 0.2) is 0 Å². The number of carbonyl (C=O) groups excluding carboxylic acids is 1. The molecule has 2 rings (SSSR count). The van der Waals surface area contributed by atoms with Crippen molar-refractivity contribution in [3.8, 4) is 5.75 Å². The van der Waals surface area contributed by atoms with Crippen LogP contribution >= 0.6 is 24.8 Å². The maximum Gasteiger partial charge on any atom is 0.255 e. The summed E-state index contributed by atoms with van der Waals surface area (Å²) >= 11 is 0. The van der Waals surface area contributed by atoms with Crippen LogP contribution < -0.4 is 15.8 Å². The van der Waals surface area contributed by atoms with Gasteiger partial charge in [-0.25, -0.2) is 0 Å². The summed E-state index contributed by atoms with van der Waals surface area (Å²) in [4.78, 5) is 14.6. The number of anilines is 2. The number of rotatable bonds is 7. The van der Waals surface area contributed by atoms with Crippen molar-refractivity contribution in [2.75, 3.05) is 32.6 Å². The van der Waals surface area contributed by atoms with Gasteiger partial charge in [-0.2, -0.15) is 0 Å². The van der Waals surface area contributed by atoms with Gasteiger partial charge in [0, 0.05) is 25.3 Å². The van der Waals surface area contributed by atoms with Crippen LogP contribution in [0, 0.1) is 5.41 Å².